The molecule has 0 atom stereocenters. The third-order valence-electron chi connectivity index (χ3n) is 5.36. The molecular formula is C24H19N3O2S. The number of hydrogen-bond donors (Lipinski definition) is 0. The molecule has 0 radical (unpaired) electrons. The van der Waals surface area contributed by atoms with E-state index in [1.807, 2.05) is 66.7 Å². The van der Waals surface area contributed by atoms with Crippen molar-refractivity contribution in [1.82, 2.24) is 9.55 Å². The van der Waals surface area contributed by atoms with Crippen LogP contribution in [0.2, 0.25) is 0 Å². The number of imidazole rings is 1. The van der Waals surface area contributed by atoms with Gasteiger partial charge in [0.1, 0.15) is 0 Å². The Bertz CT molecular complexity index is 1280. The highest BCUT2D eigenvalue weighted by Crippen LogP contribution is 2.31. The molecule has 0 fully saturated rings. The van der Waals surface area contributed by atoms with Gasteiger partial charge in [0.05, 0.1) is 23.2 Å². The van der Waals surface area contributed by atoms with E-state index in [1.165, 1.54) is 11.8 Å². The number of nitrogens with zero attached hydrogens (tertiary/aromatic N) is 3. The number of benzene rings is 3. The Morgan fingerprint density at radius 2 is 1.80 bits per heavy atom. The molecule has 0 N–H and O–H groups in total. The van der Waals surface area contributed by atoms with Crippen LogP contribution in [0, 0.1) is 0 Å². The molecule has 0 unspecified atom stereocenters. The molecule has 3 aromatic carbocycles. The molecular weight excluding hydrogens is 394 g/mol. The minimum absolute atomic E-state index is 0.0245. The van der Waals surface area contributed by atoms with E-state index in [4.69, 9.17) is 4.98 Å². The van der Waals surface area contributed by atoms with Crippen LogP contribution in [0.25, 0.3) is 16.7 Å². The largest absolute Gasteiger partial charge is 0.315 e. The van der Waals surface area contributed by atoms with Crippen molar-refractivity contribution in [3.8, 4) is 5.69 Å². The molecule has 148 valence electrons. The van der Waals surface area contributed by atoms with Crippen molar-refractivity contribution < 1.29 is 9.59 Å². The van der Waals surface area contributed by atoms with Crippen molar-refractivity contribution in [2.45, 2.75) is 11.6 Å². The number of rotatable bonds is 5. The zero-order chi connectivity index (χ0) is 20.7. The fourth-order valence-corrected chi connectivity index (χ4v) is 4.71. The molecule has 0 bridgehead atoms. The number of fused-ring (bicyclic) bond motifs is 2. The normalized spacial score (nSPS) is 13.1. The highest BCUT2D eigenvalue weighted by molar-refractivity contribution is 7.99. The van der Waals surface area contributed by atoms with Crippen molar-refractivity contribution in [2.75, 3.05) is 17.7 Å². The third-order valence-corrected chi connectivity index (χ3v) is 6.29. The summed E-state index contributed by atoms with van der Waals surface area (Å²) in [7, 11) is 1.76. The van der Waals surface area contributed by atoms with E-state index in [0.29, 0.717) is 12.0 Å². The maximum Gasteiger partial charge on any atom is 0.231 e. The molecule has 1 amide bonds. The van der Waals surface area contributed by atoms with Gasteiger partial charge >= 0.3 is 0 Å². The van der Waals surface area contributed by atoms with Crippen LogP contribution in [0.3, 0.4) is 0 Å². The molecule has 5 nitrogen and oxygen atoms in total. The maximum absolute atomic E-state index is 12.9. The van der Waals surface area contributed by atoms with Crippen molar-refractivity contribution in [3.05, 3.63) is 83.9 Å². The van der Waals surface area contributed by atoms with Crippen LogP contribution in [-0.2, 0) is 11.2 Å². The van der Waals surface area contributed by atoms with E-state index in [-0.39, 0.29) is 17.4 Å². The Morgan fingerprint density at radius 1 is 1.03 bits per heavy atom. The lowest BCUT2D eigenvalue weighted by Crippen LogP contribution is -2.20. The number of ketones is 1. The predicted octanol–water partition coefficient (Wildman–Crippen LogP) is 4.52. The lowest BCUT2D eigenvalue weighted by molar-refractivity contribution is -0.117. The van der Waals surface area contributed by atoms with Crippen molar-refractivity contribution in [1.29, 1.82) is 0 Å². The fourth-order valence-electron chi connectivity index (χ4n) is 3.78. The quantitative estimate of drug-likeness (QED) is 0.357. The van der Waals surface area contributed by atoms with Gasteiger partial charge in [0.25, 0.3) is 0 Å². The lowest BCUT2D eigenvalue weighted by atomic mass is 10.1. The summed E-state index contributed by atoms with van der Waals surface area (Å²) in [4.78, 5) is 31.2. The van der Waals surface area contributed by atoms with Crippen molar-refractivity contribution in [2.24, 2.45) is 0 Å². The summed E-state index contributed by atoms with van der Waals surface area (Å²) in [5, 5.41) is 0.784. The van der Waals surface area contributed by atoms with E-state index in [9.17, 15) is 9.59 Å². The molecule has 5 rings (SSSR count). The second-order valence-corrected chi connectivity index (χ2v) is 8.18. The summed E-state index contributed by atoms with van der Waals surface area (Å²) >= 11 is 1.43. The van der Waals surface area contributed by atoms with Crippen LogP contribution in [0.15, 0.2) is 78.0 Å². The fraction of sp³-hybridized carbons (Fsp3) is 0.125. The highest BCUT2D eigenvalue weighted by atomic mass is 32.2. The van der Waals surface area contributed by atoms with Gasteiger partial charge in [-0.15, -0.1) is 0 Å². The van der Waals surface area contributed by atoms with Gasteiger partial charge in [-0.1, -0.05) is 42.1 Å². The Balaban J connectivity index is 1.43. The monoisotopic (exact) mass is 413 g/mol. The van der Waals surface area contributed by atoms with Crippen LogP contribution in [0.5, 0.6) is 0 Å². The molecule has 0 spiro atoms. The molecule has 4 aromatic rings. The topological polar surface area (TPSA) is 55.2 Å². The number of hydrogen-bond acceptors (Lipinski definition) is 4. The Morgan fingerprint density at radius 3 is 2.63 bits per heavy atom. The van der Waals surface area contributed by atoms with Gasteiger partial charge in [0.15, 0.2) is 10.9 Å². The van der Waals surface area contributed by atoms with Crippen molar-refractivity contribution >= 4 is 40.2 Å². The first-order chi connectivity index (χ1) is 14.6. The van der Waals surface area contributed by atoms with Gasteiger partial charge in [-0.2, -0.15) is 0 Å². The van der Waals surface area contributed by atoms with Crippen LogP contribution >= 0.6 is 11.8 Å². The molecule has 6 heteroatoms. The standard InChI is InChI=1S/C24H19N3O2S/c1-26-20-12-11-16(13-17(20)14-23(26)29)22(28)15-30-24-25-19-9-5-6-10-21(19)27(24)18-7-3-2-4-8-18/h2-13H,14-15H2,1H3. The van der Waals surface area contributed by atoms with Crippen LogP contribution in [-0.4, -0.2) is 34.0 Å². The summed E-state index contributed by atoms with van der Waals surface area (Å²) < 4.78 is 2.09. The molecule has 0 saturated heterocycles. The molecule has 2 heterocycles. The van der Waals surface area contributed by atoms with Crippen LogP contribution in [0.4, 0.5) is 5.69 Å². The second-order valence-electron chi connectivity index (χ2n) is 7.24. The molecule has 1 aliphatic rings. The van der Waals surface area contributed by atoms with Crippen molar-refractivity contribution in [3.63, 3.8) is 0 Å². The molecule has 0 aliphatic carbocycles. The SMILES string of the molecule is CN1C(=O)Cc2cc(C(=O)CSc3nc4ccccc4n3-c3ccccc3)ccc21. The number of amides is 1. The number of anilines is 1. The molecule has 1 aliphatic heterocycles. The first kappa shape index (κ1) is 18.6. The average Bonchev–Trinajstić information content (AvgIpc) is 3.29. The second kappa shape index (κ2) is 7.46. The van der Waals surface area contributed by atoms with Gasteiger partial charge in [-0.25, -0.2) is 4.98 Å². The van der Waals surface area contributed by atoms with E-state index in [0.717, 1.165) is 33.1 Å². The van der Waals surface area contributed by atoms with E-state index >= 15 is 0 Å². The van der Waals surface area contributed by atoms with Crippen LogP contribution in [0.1, 0.15) is 15.9 Å². The number of aromatic nitrogens is 2. The Labute approximate surface area is 178 Å². The number of carbonyl (C=O) groups excluding carboxylic acids is 2. The number of para-hydroxylation sites is 3. The van der Waals surface area contributed by atoms with Gasteiger partial charge < -0.3 is 4.90 Å². The third kappa shape index (κ3) is 3.19. The average molecular weight is 414 g/mol. The van der Waals surface area contributed by atoms with Gasteiger partial charge in [-0.05, 0) is 48.0 Å². The molecule has 30 heavy (non-hydrogen) atoms. The molecule has 1 aromatic heterocycles. The number of Topliss-reactive ketones (excluding diaryl/α,β-unsaturated/α-hetero) is 1. The van der Waals surface area contributed by atoms with Crippen LogP contribution < -0.4 is 4.90 Å². The summed E-state index contributed by atoms with van der Waals surface area (Å²) in [6.07, 6.45) is 0.351. The summed E-state index contributed by atoms with van der Waals surface area (Å²) in [5.74, 6) is 0.357. The Hall–Kier alpha value is -3.38. The predicted molar refractivity (Wildman–Crippen MR) is 120 cm³/mol. The van der Waals surface area contributed by atoms with Gasteiger partial charge in [0, 0.05) is 24.0 Å². The van der Waals surface area contributed by atoms with Gasteiger partial charge in [-0.3, -0.25) is 14.2 Å². The zero-order valence-corrected chi connectivity index (χ0v) is 17.2. The minimum atomic E-state index is 0.0245. The Kier molecular flexibility index (Phi) is 4.64. The van der Waals surface area contributed by atoms with E-state index < -0.39 is 0 Å². The lowest BCUT2D eigenvalue weighted by Gasteiger charge is -2.10. The van der Waals surface area contributed by atoms with E-state index in [2.05, 4.69) is 4.57 Å². The molecule has 0 saturated carbocycles. The summed E-state index contributed by atoms with van der Waals surface area (Å²) in [6, 6.07) is 23.5. The first-order valence-electron chi connectivity index (χ1n) is 9.70. The zero-order valence-electron chi connectivity index (χ0n) is 16.4. The smallest absolute Gasteiger partial charge is 0.231 e. The number of thioether (sulfide) groups is 1. The first-order valence-corrected chi connectivity index (χ1v) is 10.7. The number of carbonyl (C=O) groups is 2. The maximum atomic E-state index is 12.9. The highest BCUT2D eigenvalue weighted by Gasteiger charge is 2.25. The summed E-state index contributed by atoms with van der Waals surface area (Å²) in [5.41, 5.74) is 5.35. The minimum Gasteiger partial charge on any atom is -0.315 e. The van der Waals surface area contributed by atoms with E-state index in [1.54, 1.807) is 18.0 Å². The number of likely N-dealkylation sites (N-methyl/N-ethyl adjacent to an activating group) is 1. The summed E-state index contributed by atoms with van der Waals surface area (Å²) in [6.45, 7) is 0. The van der Waals surface area contributed by atoms with Gasteiger partial charge in [0.2, 0.25) is 5.91 Å².